The van der Waals surface area contributed by atoms with Gasteiger partial charge in [-0.2, -0.15) is 0 Å². The molecule has 0 saturated carbocycles. The van der Waals surface area contributed by atoms with E-state index in [4.69, 9.17) is 0 Å². The van der Waals surface area contributed by atoms with Crippen molar-refractivity contribution in [2.75, 3.05) is 4.90 Å². The number of hydrogen-bond acceptors (Lipinski definition) is 1. The fraction of sp³-hybridized carbons (Fsp3) is 0.0545. The molecule has 0 amide bonds. The summed E-state index contributed by atoms with van der Waals surface area (Å²) in [7, 11) is 0. The van der Waals surface area contributed by atoms with Gasteiger partial charge in [0.25, 0.3) is 0 Å². The summed E-state index contributed by atoms with van der Waals surface area (Å²) in [6.07, 6.45) is 0. The number of rotatable bonds is 7. The highest BCUT2D eigenvalue weighted by Crippen LogP contribution is 2.61. The summed E-state index contributed by atoms with van der Waals surface area (Å²) in [5.41, 5.74) is 18.0. The lowest BCUT2D eigenvalue weighted by atomic mass is 9.66. The van der Waals surface area contributed by atoms with Gasteiger partial charge in [0.05, 0.1) is 11.1 Å². The number of fused-ring (bicyclic) bond motifs is 4. The molecule has 1 aliphatic rings. The first-order chi connectivity index (χ1) is 27.6. The van der Waals surface area contributed by atoms with Crippen molar-refractivity contribution in [3.8, 4) is 33.4 Å². The van der Waals surface area contributed by atoms with E-state index in [0.29, 0.717) is 0 Å². The molecule has 0 N–H and O–H groups in total. The summed E-state index contributed by atoms with van der Waals surface area (Å²) in [6, 6.07) is 78.0. The number of aryl methyl sites for hydroxylation is 1. The van der Waals surface area contributed by atoms with Crippen LogP contribution in [0.1, 0.15) is 33.4 Å². The molecular weight excluding hydrogens is 675 g/mol. The van der Waals surface area contributed by atoms with Crippen molar-refractivity contribution >= 4 is 27.8 Å². The largest absolute Gasteiger partial charge is 0.310 e. The predicted octanol–water partition coefficient (Wildman–Crippen LogP) is 14.6. The van der Waals surface area contributed by atoms with E-state index in [2.05, 4.69) is 231 Å². The Morgan fingerprint density at radius 2 is 0.946 bits per heavy atom. The standard InChI is InChI=1S/C55H41N/c1-38-35-52(53-50-27-14-15-28-51(50)55(54(53)39(38)2,46-22-8-4-9-23-46)47-24-10-5-11-25-47)56(49-26-16-21-44(37-49)40-17-6-3-7-18-40)48-33-31-42(32-34-48)45-30-29-41-19-12-13-20-43(41)36-45/h3-37H,1-2H3. The van der Waals surface area contributed by atoms with Gasteiger partial charge in [0.2, 0.25) is 0 Å². The minimum absolute atomic E-state index is 0.503. The second kappa shape index (κ2) is 13.7. The summed E-state index contributed by atoms with van der Waals surface area (Å²) in [4.78, 5) is 2.49. The Balaban J connectivity index is 1.25. The van der Waals surface area contributed by atoms with E-state index in [9.17, 15) is 0 Å². The lowest BCUT2D eigenvalue weighted by Crippen LogP contribution is -2.29. The summed E-state index contributed by atoms with van der Waals surface area (Å²) in [5.74, 6) is 0. The Labute approximate surface area is 329 Å². The van der Waals surface area contributed by atoms with Gasteiger partial charge in [0.15, 0.2) is 0 Å². The monoisotopic (exact) mass is 715 g/mol. The molecule has 0 unspecified atom stereocenters. The average molecular weight is 716 g/mol. The van der Waals surface area contributed by atoms with Crippen molar-refractivity contribution in [1.82, 2.24) is 0 Å². The molecule has 0 heterocycles. The van der Waals surface area contributed by atoms with Crippen LogP contribution in [0.2, 0.25) is 0 Å². The lowest BCUT2D eigenvalue weighted by molar-refractivity contribution is 0.760. The Bertz CT molecular complexity index is 2820. The van der Waals surface area contributed by atoms with Gasteiger partial charge in [0, 0.05) is 16.9 Å². The molecule has 0 bridgehead atoms. The zero-order valence-corrected chi connectivity index (χ0v) is 31.7. The van der Waals surface area contributed by atoms with Crippen LogP contribution < -0.4 is 4.90 Å². The average Bonchev–Trinajstić information content (AvgIpc) is 3.59. The third-order valence-corrected chi connectivity index (χ3v) is 11.9. The van der Waals surface area contributed by atoms with Gasteiger partial charge in [-0.15, -0.1) is 0 Å². The van der Waals surface area contributed by atoms with Crippen LogP contribution in [0.5, 0.6) is 0 Å². The third kappa shape index (κ3) is 5.39. The van der Waals surface area contributed by atoms with Crippen LogP contribution in [0.15, 0.2) is 212 Å². The second-order valence-corrected chi connectivity index (χ2v) is 15.0. The fourth-order valence-electron chi connectivity index (χ4n) is 9.18. The van der Waals surface area contributed by atoms with Crippen molar-refractivity contribution in [2.24, 2.45) is 0 Å². The molecule has 0 aromatic heterocycles. The SMILES string of the molecule is Cc1cc(N(c2ccc(-c3ccc4ccccc4c3)cc2)c2cccc(-c3ccccc3)c2)c2c(c1C)C(c1ccccc1)(c1ccccc1)c1ccccc1-2. The topological polar surface area (TPSA) is 3.24 Å². The smallest absolute Gasteiger partial charge is 0.0716 e. The molecule has 0 fully saturated rings. The summed E-state index contributed by atoms with van der Waals surface area (Å²) in [5, 5.41) is 2.50. The van der Waals surface area contributed by atoms with Crippen molar-refractivity contribution in [1.29, 1.82) is 0 Å². The Kier molecular flexibility index (Phi) is 8.23. The van der Waals surface area contributed by atoms with Crippen molar-refractivity contribution < 1.29 is 0 Å². The highest BCUT2D eigenvalue weighted by molar-refractivity contribution is 5.99. The number of nitrogens with zero attached hydrogens (tertiary/aromatic N) is 1. The van der Waals surface area contributed by atoms with Gasteiger partial charge in [-0.25, -0.2) is 0 Å². The van der Waals surface area contributed by atoms with Gasteiger partial charge in [-0.1, -0.05) is 176 Å². The second-order valence-electron chi connectivity index (χ2n) is 15.0. The molecule has 1 aliphatic carbocycles. The molecule has 0 saturated heterocycles. The zero-order chi connectivity index (χ0) is 37.6. The first kappa shape index (κ1) is 33.6. The quantitative estimate of drug-likeness (QED) is 0.159. The number of anilines is 3. The minimum Gasteiger partial charge on any atom is -0.310 e. The normalized spacial score (nSPS) is 12.6. The fourth-order valence-corrected chi connectivity index (χ4v) is 9.18. The van der Waals surface area contributed by atoms with Gasteiger partial charge >= 0.3 is 0 Å². The van der Waals surface area contributed by atoms with Crippen LogP contribution in [-0.4, -0.2) is 0 Å². The molecule has 266 valence electrons. The highest BCUT2D eigenvalue weighted by Gasteiger charge is 2.48. The predicted molar refractivity (Wildman–Crippen MR) is 236 cm³/mol. The third-order valence-electron chi connectivity index (χ3n) is 11.9. The maximum Gasteiger partial charge on any atom is 0.0716 e. The summed E-state index contributed by atoms with van der Waals surface area (Å²) in [6.45, 7) is 4.60. The first-order valence-electron chi connectivity index (χ1n) is 19.5. The van der Waals surface area contributed by atoms with E-state index in [1.54, 1.807) is 0 Å². The molecule has 56 heavy (non-hydrogen) atoms. The molecule has 0 spiro atoms. The Hall–Kier alpha value is -6.96. The molecule has 9 aromatic rings. The van der Waals surface area contributed by atoms with E-state index in [1.165, 1.54) is 83.2 Å². The molecule has 0 aliphatic heterocycles. The van der Waals surface area contributed by atoms with Crippen molar-refractivity contribution in [2.45, 2.75) is 19.3 Å². The molecule has 0 radical (unpaired) electrons. The van der Waals surface area contributed by atoms with E-state index >= 15 is 0 Å². The van der Waals surface area contributed by atoms with Crippen LogP contribution in [-0.2, 0) is 5.41 Å². The molecule has 1 nitrogen and oxygen atoms in total. The summed E-state index contributed by atoms with van der Waals surface area (Å²) < 4.78 is 0. The van der Waals surface area contributed by atoms with Crippen LogP contribution in [0, 0.1) is 13.8 Å². The minimum atomic E-state index is -0.503. The lowest BCUT2D eigenvalue weighted by Gasteiger charge is -2.36. The van der Waals surface area contributed by atoms with Crippen LogP contribution in [0.3, 0.4) is 0 Å². The molecular formula is C55H41N. The van der Waals surface area contributed by atoms with Gasteiger partial charge in [0.1, 0.15) is 0 Å². The molecule has 9 aromatic carbocycles. The molecule has 1 heteroatoms. The van der Waals surface area contributed by atoms with E-state index in [-0.39, 0.29) is 0 Å². The van der Waals surface area contributed by atoms with E-state index in [0.717, 1.165) is 11.4 Å². The highest BCUT2D eigenvalue weighted by atomic mass is 15.1. The first-order valence-corrected chi connectivity index (χ1v) is 19.5. The van der Waals surface area contributed by atoms with E-state index < -0.39 is 5.41 Å². The summed E-state index contributed by atoms with van der Waals surface area (Å²) >= 11 is 0. The van der Waals surface area contributed by atoms with Crippen molar-refractivity contribution in [3.05, 3.63) is 246 Å². The van der Waals surface area contributed by atoms with Gasteiger partial charge in [-0.05, 0) is 122 Å². The van der Waals surface area contributed by atoms with Crippen LogP contribution in [0.4, 0.5) is 17.1 Å². The van der Waals surface area contributed by atoms with E-state index in [1.807, 2.05) is 0 Å². The van der Waals surface area contributed by atoms with Gasteiger partial charge < -0.3 is 4.90 Å². The van der Waals surface area contributed by atoms with Crippen LogP contribution >= 0.6 is 0 Å². The Morgan fingerprint density at radius 1 is 0.393 bits per heavy atom. The van der Waals surface area contributed by atoms with Crippen molar-refractivity contribution in [3.63, 3.8) is 0 Å². The van der Waals surface area contributed by atoms with Gasteiger partial charge in [-0.3, -0.25) is 0 Å². The maximum absolute atomic E-state index is 2.49. The molecule has 0 atom stereocenters. The number of benzene rings is 9. The number of hydrogen-bond donors (Lipinski definition) is 0. The zero-order valence-electron chi connectivity index (χ0n) is 31.7. The maximum atomic E-state index is 2.49. The molecule has 10 rings (SSSR count). The Morgan fingerprint density at radius 3 is 1.66 bits per heavy atom. The van der Waals surface area contributed by atoms with Crippen LogP contribution in [0.25, 0.3) is 44.2 Å².